The minimum atomic E-state index is -4.05. The number of rotatable bonds is 7. The van der Waals surface area contributed by atoms with Crippen LogP contribution in [-0.4, -0.2) is 43.6 Å². The fraction of sp³-hybridized carbons (Fsp3) is 0.333. The van der Waals surface area contributed by atoms with Gasteiger partial charge in [0.15, 0.2) is 0 Å². The summed E-state index contributed by atoms with van der Waals surface area (Å²) < 4.78 is 36.2. The van der Waals surface area contributed by atoms with E-state index in [9.17, 15) is 18.0 Å². The van der Waals surface area contributed by atoms with E-state index in [-0.39, 0.29) is 17.9 Å². The Labute approximate surface area is 224 Å². The van der Waals surface area contributed by atoms with Crippen LogP contribution in [0.2, 0.25) is 0 Å². The van der Waals surface area contributed by atoms with E-state index in [1.807, 2.05) is 61.5 Å². The van der Waals surface area contributed by atoms with Crippen molar-refractivity contribution >= 4 is 22.1 Å². The van der Waals surface area contributed by atoms with Gasteiger partial charge in [-0.1, -0.05) is 72.3 Å². The van der Waals surface area contributed by atoms with E-state index in [0.717, 1.165) is 27.2 Å². The number of aryl methyl sites for hydroxylation is 1. The van der Waals surface area contributed by atoms with Crippen molar-refractivity contribution in [1.82, 2.24) is 4.90 Å². The summed E-state index contributed by atoms with van der Waals surface area (Å²) in [6.45, 7) is 6.71. The number of ether oxygens (including phenoxy) is 1. The summed E-state index contributed by atoms with van der Waals surface area (Å²) >= 11 is 0. The number of imide groups is 1. The van der Waals surface area contributed by atoms with E-state index in [1.54, 1.807) is 32.9 Å². The average molecular weight is 536 g/mol. The van der Waals surface area contributed by atoms with Crippen molar-refractivity contribution in [2.24, 2.45) is 5.92 Å². The first kappa shape index (κ1) is 27.5. The van der Waals surface area contributed by atoms with Gasteiger partial charge in [0.1, 0.15) is 5.60 Å². The molecule has 1 aliphatic rings. The number of carbonyl (C=O) groups is 2. The third kappa shape index (κ3) is 6.68. The molecule has 2 atom stereocenters. The van der Waals surface area contributed by atoms with Gasteiger partial charge in [0.05, 0.1) is 17.4 Å². The van der Waals surface area contributed by atoms with Gasteiger partial charge in [0.2, 0.25) is 5.91 Å². The highest BCUT2D eigenvalue weighted by molar-refractivity contribution is 7.86. The number of carbonyl (C=O) groups excluding carboxylic acids is 2. The first-order valence-corrected chi connectivity index (χ1v) is 14.0. The first-order chi connectivity index (χ1) is 17.9. The van der Waals surface area contributed by atoms with Crippen LogP contribution in [0.15, 0.2) is 83.8 Å². The van der Waals surface area contributed by atoms with Crippen molar-refractivity contribution in [1.29, 1.82) is 0 Å². The monoisotopic (exact) mass is 535 g/mol. The predicted molar refractivity (Wildman–Crippen MR) is 145 cm³/mol. The van der Waals surface area contributed by atoms with Gasteiger partial charge in [-0.05, 0) is 69.4 Å². The second-order valence-electron chi connectivity index (χ2n) is 10.6. The molecular formula is C30H33NO6S. The molecular weight excluding hydrogens is 502 g/mol. The maximum Gasteiger partial charge on any atom is 0.417 e. The molecule has 3 aromatic carbocycles. The van der Waals surface area contributed by atoms with Crippen LogP contribution in [0.1, 0.15) is 38.3 Å². The van der Waals surface area contributed by atoms with Crippen molar-refractivity contribution < 1.29 is 26.9 Å². The van der Waals surface area contributed by atoms with Crippen LogP contribution in [0.4, 0.5) is 4.79 Å². The lowest BCUT2D eigenvalue weighted by Crippen LogP contribution is -2.43. The van der Waals surface area contributed by atoms with Crippen LogP contribution in [0.3, 0.4) is 0 Å². The van der Waals surface area contributed by atoms with Gasteiger partial charge < -0.3 is 4.74 Å². The largest absolute Gasteiger partial charge is 0.443 e. The van der Waals surface area contributed by atoms with Crippen molar-refractivity contribution in [2.45, 2.75) is 57.1 Å². The van der Waals surface area contributed by atoms with E-state index in [4.69, 9.17) is 8.92 Å². The van der Waals surface area contributed by atoms with Crippen molar-refractivity contribution in [2.75, 3.05) is 6.61 Å². The molecule has 0 aromatic heterocycles. The molecule has 0 radical (unpaired) electrons. The first-order valence-electron chi connectivity index (χ1n) is 12.6. The molecule has 1 heterocycles. The molecule has 4 rings (SSSR count). The maximum absolute atomic E-state index is 13.3. The Kier molecular flexibility index (Phi) is 8.04. The zero-order chi connectivity index (χ0) is 27.5. The molecule has 3 aromatic rings. The Morgan fingerprint density at radius 3 is 2.13 bits per heavy atom. The average Bonchev–Trinajstić information content (AvgIpc) is 3.18. The quantitative estimate of drug-likeness (QED) is 0.357. The summed E-state index contributed by atoms with van der Waals surface area (Å²) in [5, 5.41) is 0. The van der Waals surface area contributed by atoms with E-state index in [2.05, 4.69) is 0 Å². The Morgan fingerprint density at radius 2 is 1.53 bits per heavy atom. The standard InChI is InChI=1S/C30H33NO6S/c1-21-10-16-27(17-11-21)38(34,35)36-20-25-19-26(31(28(25)32)29(33)37-30(2,3)4)18-22-12-14-24(15-13-22)23-8-6-5-7-9-23/h5-17,25-26H,18-20H2,1-4H3/t25-,26?/m0/s1. The lowest BCUT2D eigenvalue weighted by molar-refractivity contribution is -0.131. The second-order valence-corrected chi connectivity index (χ2v) is 12.2. The smallest absolute Gasteiger partial charge is 0.417 e. The van der Waals surface area contributed by atoms with Crippen LogP contribution in [-0.2, 0) is 30.3 Å². The topological polar surface area (TPSA) is 90.0 Å². The zero-order valence-corrected chi connectivity index (χ0v) is 22.9. The van der Waals surface area contributed by atoms with Gasteiger partial charge in [0, 0.05) is 6.04 Å². The molecule has 2 amide bonds. The molecule has 0 bridgehead atoms. The Bertz CT molecular complexity index is 1380. The second kappa shape index (κ2) is 11.1. The summed E-state index contributed by atoms with van der Waals surface area (Å²) in [6, 6.07) is 23.8. The molecule has 1 saturated heterocycles. The van der Waals surface area contributed by atoms with Crippen molar-refractivity contribution in [3.05, 3.63) is 90.0 Å². The third-order valence-corrected chi connectivity index (χ3v) is 7.66. The summed E-state index contributed by atoms with van der Waals surface area (Å²) in [6.07, 6.45) is -0.0549. The SMILES string of the molecule is Cc1ccc(S(=O)(=O)OC[C@@H]2CC(Cc3ccc(-c4ccccc4)cc3)N(C(=O)OC(C)(C)C)C2=O)cc1. The maximum atomic E-state index is 13.3. The fourth-order valence-electron chi connectivity index (χ4n) is 4.46. The van der Waals surface area contributed by atoms with E-state index in [0.29, 0.717) is 6.42 Å². The predicted octanol–water partition coefficient (Wildman–Crippen LogP) is 5.76. The van der Waals surface area contributed by atoms with Gasteiger partial charge in [-0.25, -0.2) is 9.69 Å². The van der Waals surface area contributed by atoms with Crippen LogP contribution >= 0.6 is 0 Å². The van der Waals surface area contributed by atoms with Crippen molar-refractivity contribution in [3.8, 4) is 11.1 Å². The number of hydrogen-bond donors (Lipinski definition) is 0. The van der Waals surface area contributed by atoms with Gasteiger partial charge >= 0.3 is 6.09 Å². The van der Waals surface area contributed by atoms with Crippen LogP contribution in [0.5, 0.6) is 0 Å². The normalized spacial score (nSPS) is 18.0. The number of benzene rings is 3. The summed E-state index contributed by atoms with van der Waals surface area (Å²) in [5.74, 6) is -1.29. The Morgan fingerprint density at radius 1 is 0.921 bits per heavy atom. The molecule has 1 unspecified atom stereocenters. The minimum Gasteiger partial charge on any atom is -0.443 e. The van der Waals surface area contributed by atoms with Gasteiger partial charge in [-0.15, -0.1) is 0 Å². The Hall–Kier alpha value is -3.49. The van der Waals surface area contributed by atoms with Crippen LogP contribution in [0, 0.1) is 12.8 Å². The van der Waals surface area contributed by atoms with E-state index in [1.165, 1.54) is 12.1 Å². The van der Waals surface area contributed by atoms with Crippen LogP contribution < -0.4 is 0 Å². The highest BCUT2D eigenvalue weighted by Crippen LogP contribution is 2.31. The minimum absolute atomic E-state index is 0.0209. The van der Waals surface area contributed by atoms with E-state index < -0.39 is 39.7 Å². The molecule has 0 N–H and O–H groups in total. The van der Waals surface area contributed by atoms with Gasteiger partial charge in [-0.2, -0.15) is 8.42 Å². The molecule has 200 valence electrons. The number of amides is 2. The molecule has 0 saturated carbocycles. The highest BCUT2D eigenvalue weighted by atomic mass is 32.2. The Balaban J connectivity index is 1.51. The fourth-order valence-corrected chi connectivity index (χ4v) is 5.40. The lowest BCUT2D eigenvalue weighted by Gasteiger charge is -2.27. The number of nitrogens with zero attached hydrogens (tertiary/aromatic N) is 1. The number of likely N-dealkylation sites (tertiary alicyclic amines) is 1. The highest BCUT2D eigenvalue weighted by Gasteiger charge is 2.45. The molecule has 38 heavy (non-hydrogen) atoms. The molecule has 1 fully saturated rings. The van der Waals surface area contributed by atoms with Gasteiger partial charge in [-0.3, -0.25) is 8.98 Å². The van der Waals surface area contributed by atoms with Crippen LogP contribution in [0.25, 0.3) is 11.1 Å². The molecule has 8 heteroatoms. The summed E-state index contributed by atoms with van der Waals surface area (Å²) in [7, 11) is -4.05. The molecule has 7 nitrogen and oxygen atoms in total. The zero-order valence-electron chi connectivity index (χ0n) is 22.1. The summed E-state index contributed by atoms with van der Waals surface area (Å²) in [4.78, 5) is 27.5. The number of hydrogen-bond acceptors (Lipinski definition) is 6. The molecule has 1 aliphatic heterocycles. The van der Waals surface area contributed by atoms with E-state index >= 15 is 0 Å². The molecule has 0 spiro atoms. The third-order valence-electron chi connectivity index (χ3n) is 6.37. The lowest BCUT2D eigenvalue weighted by atomic mass is 9.98. The summed E-state index contributed by atoms with van der Waals surface area (Å²) in [5.41, 5.74) is 3.24. The molecule has 0 aliphatic carbocycles. The van der Waals surface area contributed by atoms with Gasteiger partial charge in [0.25, 0.3) is 10.1 Å². The van der Waals surface area contributed by atoms with Crippen molar-refractivity contribution in [3.63, 3.8) is 0 Å².